The predicted octanol–water partition coefficient (Wildman–Crippen LogP) is 3.10. The second kappa shape index (κ2) is 6.58. The van der Waals surface area contributed by atoms with Crippen LogP contribution in [0.3, 0.4) is 0 Å². The zero-order chi connectivity index (χ0) is 14.4. The molecule has 0 saturated heterocycles. The Morgan fingerprint density at radius 2 is 2.25 bits per heavy atom. The average molecular weight is 269 g/mol. The fourth-order valence-corrected chi connectivity index (χ4v) is 2.00. The molecule has 4 heteroatoms. The molecule has 0 aliphatic heterocycles. The lowest BCUT2D eigenvalue weighted by Gasteiger charge is -2.09. The second-order valence-corrected chi connectivity index (χ2v) is 4.38. The third-order valence-electron chi connectivity index (χ3n) is 3.08. The zero-order valence-electron chi connectivity index (χ0n) is 11.2. The van der Waals surface area contributed by atoms with E-state index < -0.39 is 5.92 Å². The van der Waals surface area contributed by atoms with Gasteiger partial charge in [-0.1, -0.05) is 12.1 Å². The van der Waals surface area contributed by atoms with Crippen LogP contribution in [0.4, 0.5) is 0 Å². The third-order valence-corrected chi connectivity index (χ3v) is 3.08. The van der Waals surface area contributed by atoms with Crippen LogP contribution in [0.1, 0.15) is 23.7 Å². The Morgan fingerprint density at radius 1 is 1.40 bits per heavy atom. The number of carbonyl (C=O) groups excluding carboxylic acids is 1. The molecule has 0 amide bonds. The summed E-state index contributed by atoms with van der Waals surface area (Å²) in [6.45, 7) is 0. The highest BCUT2D eigenvalue weighted by molar-refractivity contribution is 5.88. The smallest absolute Gasteiger partial charge is 0.154 e. The van der Waals surface area contributed by atoms with Crippen molar-refractivity contribution < 1.29 is 13.9 Å². The maximum absolute atomic E-state index is 12.2. The minimum Gasteiger partial charge on any atom is -0.497 e. The summed E-state index contributed by atoms with van der Waals surface area (Å²) in [6.07, 6.45) is 2.36. The van der Waals surface area contributed by atoms with Gasteiger partial charge in [0.15, 0.2) is 5.78 Å². The van der Waals surface area contributed by atoms with Gasteiger partial charge in [-0.25, -0.2) is 0 Å². The van der Waals surface area contributed by atoms with Crippen molar-refractivity contribution in [2.24, 2.45) is 0 Å². The first-order valence-corrected chi connectivity index (χ1v) is 6.33. The lowest BCUT2D eigenvalue weighted by Crippen LogP contribution is -2.11. The molecule has 2 aromatic rings. The van der Waals surface area contributed by atoms with E-state index in [1.165, 1.54) is 0 Å². The van der Waals surface area contributed by atoms with Gasteiger partial charge in [-0.15, -0.1) is 0 Å². The number of hydrogen-bond donors (Lipinski definition) is 0. The topological polar surface area (TPSA) is 63.2 Å². The van der Waals surface area contributed by atoms with Crippen molar-refractivity contribution in [1.82, 2.24) is 0 Å². The molecule has 0 saturated carbocycles. The fourth-order valence-electron chi connectivity index (χ4n) is 2.00. The van der Waals surface area contributed by atoms with Gasteiger partial charge in [0.25, 0.3) is 0 Å². The molecule has 1 atom stereocenters. The summed E-state index contributed by atoms with van der Waals surface area (Å²) < 4.78 is 10.3. The maximum Gasteiger partial charge on any atom is 0.154 e. The van der Waals surface area contributed by atoms with Crippen LogP contribution in [0.2, 0.25) is 0 Å². The first-order chi connectivity index (χ1) is 9.74. The Bertz CT molecular complexity index is 611. The van der Waals surface area contributed by atoms with Gasteiger partial charge in [-0.3, -0.25) is 4.79 Å². The number of furan rings is 1. The van der Waals surface area contributed by atoms with Gasteiger partial charge >= 0.3 is 0 Å². The average Bonchev–Trinajstić information content (AvgIpc) is 2.99. The Hall–Kier alpha value is -2.54. The first-order valence-electron chi connectivity index (χ1n) is 6.33. The first kappa shape index (κ1) is 13.9. The van der Waals surface area contributed by atoms with Crippen molar-refractivity contribution in [1.29, 1.82) is 5.26 Å². The molecule has 1 heterocycles. The van der Waals surface area contributed by atoms with Crippen molar-refractivity contribution >= 4 is 5.78 Å². The van der Waals surface area contributed by atoms with Crippen molar-refractivity contribution in [2.75, 3.05) is 7.11 Å². The number of carbonyl (C=O) groups is 1. The molecule has 0 aliphatic carbocycles. The van der Waals surface area contributed by atoms with Gasteiger partial charge in [0.2, 0.25) is 0 Å². The Labute approximate surface area is 117 Å². The third kappa shape index (κ3) is 3.27. The highest BCUT2D eigenvalue weighted by Gasteiger charge is 2.20. The molecule has 102 valence electrons. The van der Waals surface area contributed by atoms with E-state index in [0.717, 1.165) is 5.76 Å². The number of rotatable bonds is 6. The van der Waals surface area contributed by atoms with Crippen LogP contribution >= 0.6 is 0 Å². The predicted molar refractivity (Wildman–Crippen MR) is 73.4 cm³/mol. The van der Waals surface area contributed by atoms with Gasteiger partial charge < -0.3 is 9.15 Å². The lowest BCUT2D eigenvalue weighted by atomic mass is 9.93. The molecule has 0 radical (unpaired) electrons. The summed E-state index contributed by atoms with van der Waals surface area (Å²) in [7, 11) is 1.55. The summed E-state index contributed by atoms with van der Waals surface area (Å²) in [6, 6.07) is 12.7. The van der Waals surface area contributed by atoms with E-state index >= 15 is 0 Å². The van der Waals surface area contributed by atoms with E-state index in [-0.39, 0.29) is 12.2 Å². The number of nitriles is 1. The number of benzene rings is 1. The van der Waals surface area contributed by atoms with Crippen molar-refractivity contribution in [3.05, 3.63) is 54.0 Å². The van der Waals surface area contributed by atoms with E-state index in [9.17, 15) is 10.1 Å². The van der Waals surface area contributed by atoms with Crippen LogP contribution < -0.4 is 4.74 Å². The van der Waals surface area contributed by atoms with Crippen LogP contribution in [0.5, 0.6) is 5.75 Å². The molecule has 0 N–H and O–H groups in total. The summed E-state index contributed by atoms with van der Waals surface area (Å²) in [5.41, 5.74) is 0.663. The minimum atomic E-state index is -0.764. The number of nitrogens with zero attached hydrogens (tertiary/aromatic N) is 1. The summed E-state index contributed by atoms with van der Waals surface area (Å²) in [5.74, 6) is 0.513. The molecule has 1 unspecified atom stereocenters. The highest BCUT2D eigenvalue weighted by Crippen LogP contribution is 2.23. The molecule has 20 heavy (non-hydrogen) atoms. The Balaban J connectivity index is 2.07. The molecule has 4 nitrogen and oxygen atoms in total. The number of Topliss-reactive ketones (excluding diaryl/α,β-unsaturated/α-hetero) is 1. The van der Waals surface area contributed by atoms with Crippen molar-refractivity contribution in [3.8, 4) is 11.8 Å². The van der Waals surface area contributed by atoms with Gasteiger partial charge in [-0.05, 0) is 29.8 Å². The molecule has 1 aromatic heterocycles. The van der Waals surface area contributed by atoms with Crippen LogP contribution in [0.15, 0.2) is 47.1 Å². The summed E-state index contributed by atoms with van der Waals surface area (Å²) in [5, 5.41) is 9.24. The summed E-state index contributed by atoms with van der Waals surface area (Å²) in [4.78, 5) is 12.2. The molecular weight excluding hydrogens is 254 g/mol. The quantitative estimate of drug-likeness (QED) is 0.808. The highest BCUT2D eigenvalue weighted by atomic mass is 16.5. The number of aryl methyl sites for hydroxylation is 1. The van der Waals surface area contributed by atoms with E-state index in [1.807, 2.05) is 6.07 Å². The molecule has 0 fully saturated rings. The largest absolute Gasteiger partial charge is 0.497 e. The number of ether oxygens (including phenoxy) is 1. The van der Waals surface area contributed by atoms with Crippen LogP contribution in [0, 0.1) is 11.3 Å². The van der Waals surface area contributed by atoms with Crippen LogP contribution in [0.25, 0.3) is 0 Å². The van der Waals surface area contributed by atoms with Crippen LogP contribution in [-0.4, -0.2) is 12.9 Å². The van der Waals surface area contributed by atoms with Crippen LogP contribution in [-0.2, 0) is 11.2 Å². The fraction of sp³-hybridized carbons (Fsp3) is 0.250. The van der Waals surface area contributed by atoms with Gasteiger partial charge in [0.1, 0.15) is 17.4 Å². The standard InChI is InChI=1S/C16H15NO3/c1-19-14-5-2-4-12(10-14)15(11-17)16(18)8-7-13-6-3-9-20-13/h2-6,9-10,15H,7-8H2,1H3. The van der Waals surface area contributed by atoms with E-state index in [1.54, 1.807) is 43.7 Å². The van der Waals surface area contributed by atoms with Crippen molar-refractivity contribution in [3.63, 3.8) is 0 Å². The van der Waals surface area contributed by atoms with Crippen molar-refractivity contribution in [2.45, 2.75) is 18.8 Å². The molecular formula is C16H15NO3. The monoisotopic (exact) mass is 269 g/mol. The second-order valence-electron chi connectivity index (χ2n) is 4.38. The molecule has 0 spiro atoms. The summed E-state index contributed by atoms with van der Waals surface area (Å²) >= 11 is 0. The Kier molecular flexibility index (Phi) is 4.56. The number of methoxy groups -OCH3 is 1. The number of ketones is 1. The lowest BCUT2D eigenvalue weighted by molar-refractivity contribution is -0.119. The van der Waals surface area contributed by atoms with E-state index in [2.05, 4.69) is 6.07 Å². The molecule has 1 aromatic carbocycles. The van der Waals surface area contributed by atoms with Gasteiger partial charge in [0, 0.05) is 12.8 Å². The molecule has 2 rings (SSSR count). The molecule has 0 aliphatic rings. The van der Waals surface area contributed by atoms with E-state index in [4.69, 9.17) is 9.15 Å². The number of hydrogen-bond acceptors (Lipinski definition) is 4. The van der Waals surface area contributed by atoms with Gasteiger partial charge in [-0.2, -0.15) is 5.26 Å². The molecule has 0 bridgehead atoms. The zero-order valence-corrected chi connectivity index (χ0v) is 11.2. The van der Waals surface area contributed by atoms with E-state index in [0.29, 0.717) is 17.7 Å². The SMILES string of the molecule is COc1cccc(C(C#N)C(=O)CCc2ccco2)c1. The Morgan fingerprint density at radius 3 is 2.90 bits per heavy atom. The minimum absolute atomic E-state index is 0.114. The van der Waals surface area contributed by atoms with Gasteiger partial charge in [0.05, 0.1) is 19.4 Å². The normalized spacial score (nSPS) is 11.6. The maximum atomic E-state index is 12.2.